The number of rotatable bonds is 3. The van der Waals surface area contributed by atoms with Crippen molar-refractivity contribution in [3.63, 3.8) is 0 Å². The smallest absolute Gasteiger partial charge is 0.412 e. The van der Waals surface area contributed by atoms with Gasteiger partial charge in [0.2, 0.25) is 0 Å². The van der Waals surface area contributed by atoms with Gasteiger partial charge in [-0.15, -0.1) is 11.3 Å². The fraction of sp³-hybridized carbons (Fsp3) is 0.364. The monoisotopic (exact) mass is 287 g/mol. The van der Waals surface area contributed by atoms with Crippen molar-refractivity contribution in [3.8, 4) is 0 Å². The van der Waals surface area contributed by atoms with Crippen molar-refractivity contribution in [3.05, 3.63) is 15.8 Å². The first kappa shape index (κ1) is 15.0. The van der Waals surface area contributed by atoms with Crippen LogP contribution in [0.15, 0.2) is 6.07 Å². The van der Waals surface area contributed by atoms with E-state index in [9.17, 15) is 14.4 Å². The molecule has 1 aromatic rings. The number of carboxylic acids is 2. The predicted molar refractivity (Wildman–Crippen MR) is 68.1 cm³/mol. The first-order valence-electron chi connectivity index (χ1n) is 5.20. The Kier molecular flexibility index (Phi) is 4.15. The molecule has 104 valence electrons. The molecule has 0 spiro atoms. The molecule has 1 heterocycles. The van der Waals surface area contributed by atoms with E-state index in [1.165, 1.54) is 0 Å². The summed E-state index contributed by atoms with van der Waals surface area (Å²) in [5.74, 6) is -2.58. The minimum absolute atomic E-state index is 0.0934. The summed E-state index contributed by atoms with van der Waals surface area (Å²) < 4.78 is 4.96. The third-order valence-electron chi connectivity index (χ3n) is 1.77. The molecule has 1 amide bonds. The summed E-state index contributed by atoms with van der Waals surface area (Å²) in [6, 6.07) is 1.08. The van der Waals surface area contributed by atoms with Gasteiger partial charge in [-0.3, -0.25) is 5.32 Å². The second-order valence-electron chi connectivity index (χ2n) is 4.59. The fourth-order valence-electron chi connectivity index (χ4n) is 1.16. The molecule has 0 aliphatic carbocycles. The van der Waals surface area contributed by atoms with Gasteiger partial charge in [0.25, 0.3) is 0 Å². The van der Waals surface area contributed by atoms with Gasteiger partial charge >= 0.3 is 18.0 Å². The van der Waals surface area contributed by atoms with E-state index in [0.29, 0.717) is 11.3 Å². The Hall–Kier alpha value is -2.09. The summed E-state index contributed by atoms with van der Waals surface area (Å²) >= 11 is 0.566. The standard InChI is InChI=1S/C11H13NO6S/c1-11(2,3)18-10(17)12-5-4-6(8(13)14)19-7(5)9(15)16/h4H,1-3H3,(H,12,17)(H,13,14)(H,15,16). The second kappa shape index (κ2) is 5.27. The van der Waals surface area contributed by atoms with E-state index in [-0.39, 0.29) is 15.4 Å². The molecule has 0 saturated carbocycles. The van der Waals surface area contributed by atoms with Crippen LogP contribution in [0.25, 0.3) is 0 Å². The highest BCUT2D eigenvalue weighted by Gasteiger charge is 2.22. The highest BCUT2D eigenvalue weighted by Crippen LogP contribution is 2.27. The van der Waals surface area contributed by atoms with Gasteiger partial charge in [-0.25, -0.2) is 14.4 Å². The third-order valence-corrected chi connectivity index (χ3v) is 2.88. The molecule has 0 saturated heterocycles. The lowest BCUT2D eigenvalue weighted by molar-refractivity contribution is 0.0633. The second-order valence-corrected chi connectivity index (χ2v) is 5.64. The van der Waals surface area contributed by atoms with Gasteiger partial charge in [0, 0.05) is 0 Å². The lowest BCUT2D eigenvalue weighted by atomic mass is 10.2. The molecular weight excluding hydrogens is 274 g/mol. The molecule has 0 bridgehead atoms. The molecule has 0 unspecified atom stereocenters. The Balaban J connectivity index is 2.97. The van der Waals surface area contributed by atoms with Crippen LogP contribution in [0, 0.1) is 0 Å². The molecule has 1 aromatic heterocycles. The van der Waals surface area contributed by atoms with Gasteiger partial charge in [0.05, 0.1) is 5.69 Å². The number of hydrogen-bond donors (Lipinski definition) is 3. The number of carbonyl (C=O) groups is 3. The summed E-state index contributed by atoms with van der Waals surface area (Å²) in [6.45, 7) is 4.96. The quantitative estimate of drug-likeness (QED) is 0.787. The van der Waals surface area contributed by atoms with Crippen molar-refractivity contribution >= 4 is 35.1 Å². The predicted octanol–water partition coefficient (Wildman–Crippen LogP) is 2.49. The molecule has 7 nitrogen and oxygen atoms in total. The number of carboxylic acid groups (broad SMARTS) is 2. The molecule has 0 aliphatic rings. The van der Waals surface area contributed by atoms with Crippen LogP contribution < -0.4 is 5.32 Å². The molecule has 19 heavy (non-hydrogen) atoms. The molecule has 0 fully saturated rings. The van der Waals surface area contributed by atoms with Crippen molar-refractivity contribution in [1.29, 1.82) is 0 Å². The van der Waals surface area contributed by atoms with Crippen LogP contribution in [-0.4, -0.2) is 33.8 Å². The first-order chi connectivity index (χ1) is 8.60. The average Bonchev–Trinajstić information content (AvgIpc) is 2.58. The van der Waals surface area contributed by atoms with Gasteiger partial charge in [-0.2, -0.15) is 0 Å². The van der Waals surface area contributed by atoms with Gasteiger partial charge in [0.1, 0.15) is 15.4 Å². The topological polar surface area (TPSA) is 113 Å². The van der Waals surface area contributed by atoms with Crippen LogP contribution in [0.5, 0.6) is 0 Å². The Morgan fingerprint density at radius 2 is 1.79 bits per heavy atom. The van der Waals surface area contributed by atoms with Gasteiger partial charge in [0.15, 0.2) is 0 Å². The Labute approximate surface area is 112 Å². The average molecular weight is 287 g/mol. The molecule has 0 radical (unpaired) electrons. The van der Waals surface area contributed by atoms with Crippen molar-refractivity contribution in [2.24, 2.45) is 0 Å². The molecule has 0 atom stereocenters. The zero-order valence-electron chi connectivity index (χ0n) is 10.5. The van der Waals surface area contributed by atoms with Crippen LogP contribution in [0.1, 0.15) is 40.1 Å². The van der Waals surface area contributed by atoms with Crippen molar-refractivity contribution in [2.75, 3.05) is 5.32 Å². The van der Waals surface area contributed by atoms with Crippen LogP contribution >= 0.6 is 11.3 Å². The van der Waals surface area contributed by atoms with E-state index in [1.54, 1.807) is 20.8 Å². The van der Waals surface area contributed by atoms with E-state index in [0.717, 1.165) is 6.07 Å². The summed E-state index contributed by atoms with van der Waals surface area (Å²) in [7, 11) is 0. The van der Waals surface area contributed by atoms with Gasteiger partial charge in [-0.1, -0.05) is 0 Å². The Morgan fingerprint density at radius 3 is 2.21 bits per heavy atom. The Morgan fingerprint density at radius 1 is 1.21 bits per heavy atom. The van der Waals surface area contributed by atoms with Gasteiger partial charge < -0.3 is 14.9 Å². The summed E-state index contributed by atoms with van der Waals surface area (Å²) in [4.78, 5) is 32.8. The van der Waals surface area contributed by atoms with Crippen molar-refractivity contribution < 1.29 is 29.3 Å². The van der Waals surface area contributed by atoms with E-state index in [4.69, 9.17) is 14.9 Å². The number of anilines is 1. The van der Waals surface area contributed by atoms with Crippen molar-refractivity contribution in [1.82, 2.24) is 0 Å². The highest BCUT2D eigenvalue weighted by molar-refractivity contribution is 7.16. The lowest BCUT2D eigenvalue weighted by Gasteiger charge is -2.19. The van der Waals surface area contributed by atoms with Crippen LogP contribution in [0.4, 0.5) is 10.5 Å². The number of carbonyl (C=O) groups excluding carboxylic acids is 1. The molecular formula is C11H13NO6S. The van der Waals surface area contributed by atoms with Gasteiger partial charge in [-0.05, 0) is 26.8 Å². The normalized spacial score (nSPS) is 10.9. The third kappa shape index (κ3) is 4.25. The lowest BCUT2D eigenvalue weighted by Crippen LogP contribution is -2.27. The maximum absolute atomic E-state index is 11.5. The molecule has 8 heteroatoms. The Bertz CT molecular complexity index is 528. The maximum atomic E-state index is 11.5. The largest absolute Gasteiger partial charge is 0.477 e. The number of hydrogen-bond acceptors (Lipinski definition) is 5. The summed E-state index contributed by atoms with van der Waals surface area (Å²) in [5.41, 5.74) is -0.830. The zero-order valence-corrected chi connectivity index (χ0v) is 11.3. The van der Waals surface area contributed by atoms with E-state index >= 15 is 0 Å². The number of nitrogens with one attached hydrogen (secondary N) is 1. The molecule has 3 N–H and O–H groups in total. The molecule has 1 rings (SSSR count). The minimum Gasteiger partial charge on any atom is -0.477 e. The van der Waals surface area contributed by atoms with Crippen LogP contribution in [-0.2, 0) is 4.74 Å². The fourth-order valence-corrected chi connectivity index (χ4v) is 1.95. The number of ether oxygens (including phenoxy) is 1. The first-order valence-corrected chi connectivity index (χ1v) is 6.02. The van der Waals surface area contributed by atoms with E-state index < -0.39 is 23.6 Å². The van der Waals surface area contributed by atoms with Crippen LogP contribution in [0.2, 0.25) is 0 Å². The highest BCUT2D eigenvalue weighted by atomic mass is 32.1. The van der Waals surface area contributed by atoms with E-state index in [1.807, 2.05) is 0 Å². The SMILES string of the molecule is CC(C)(C)OC(=O)Nc1cc(C(=O)O)sc1C(=O)O. The maximum Gasteiger partial charge on any atom is 0.412 e. The number of thiophene rings is 1. The minimum atomic E-state index is -1.32. The molecule has 0 aromatic carbocycles. The van der Waals surface area contributed by atoms with Crippen molar-refractivity contribution in [2.45, 2.75) is 26.4 Å². The zero-order chi connectivity index (χ0) is 14.8. The summed E-state index contributed by atoms with van der Waals surface area (Å²) in [5, 5.41) is 20.0. The molecule has 0 aliphatic heterocycles. The van der Waals surface area contributed by atoms with Crippen LogP contribution in [0.3, 0.4) is 0 Å². The van der Waals surface area contributed by atoms with E-state index in [2.05, 4.69) is 5.32 Å². The number of amides is 1. The summed E-state index contributed by atoms with van der Waals surface area (Å²) in [6.07, 6.45) is -0.843. The number of aromatic carboxylic acids is 2.